The Kier molecular flexibility index (Phi) is 3.98. The molecule has 1 aliphatic heterocycles. The minimum absolute atomic E-state index is 0.176. The van der Waals surface area contributed by atoms with E-state index < -0.39 is 5.60 Å². The van der Waals surface area contributed by atoms with Gasteiger partial charge in [-0.15, -0.1) is 0 Å². The summed E-state index contributed by atoms with van der Waals surface area (Å²) in [6.07, 6.45) is 3.33. The number of rotatable bonds is 3. The molecular weight excluding hydrogens is 290 g/mol. The standard InChI is InChI=1S/C18H27N3O2/c1-13-6-5-7-15(20-13)19-11-14-10-18(8-9-18)12-21(14)16(22)23-17(2,3)4/h5-7,14H,8-12H2,1-4H3,(H,19,20). The minimum Gasteiger partial charge on any atom is -0.444 e. The molecule has 0 radical (unpaired) electrons. The summed E-state index contributed by atoms with van der Waals surface area (Å²) in [4.78, 5) is 18.9. The van der Waals surface area contributed by atoms with Gasteiger partial charge in [0.05, 0.1) is 6.04 Å². The van der Waals surface area contributed by atoms with Crippen LogP contribution in [0.5, 0.6) is 0 Å². The molecule has 2 heterocycles. The molecule has 1 saturated carbocycles. The molecule has 1 aromatic heterocycles. The Hall–Kier alpha value is -1.78. The van der Waals surface area contributed by atoms with Crippen molar-refractivity contribution in [2.75, 3.05) is 18.4 Å². The second-order valence-electron chi connectivity index (χ2n) is 8.01. The third-order valence-electron chi connectivity index (χ3n) is 4.61. The van der Waals surface area contributed by atoms with Crippen molar-refractivity contribution in [1.29, 1.82) is 0 Å². The van der Waals surface area contributed by atoms with Gasteiger partial charge in [0.15, 0.2) is 0 Å². The number of carbonyl (C=O) groups is 1. The number of ether oxygens (including phenoxy) is 1. The van der Waals surface area contributed by atoms with Crippen LogP contribution < -0.4 is 5.32 Å². The van der Waals surface area contributed by atoms with Gasteiger partial charge in [-0.05, 0) is 64.5 Å². The molecule has 1 N–H and O–H groups in total. The largest absolute Gasteiger partial charge is 0.444 e. The van der Waals surface area contributed by atoms with Gasteiger partial charge in [0.1, 0.15) is 11.4 Å². The van der Waals surface area contributed by atoms with E-state index in [4.69, 9.17) is 4.74 Å². The lowest BCUT2D eigenvalue weighted by Crippen LogP contribution is -2.42. The van der Waals surface area contributed by atoms with Crippen molar-refractivity contribution in [2.24, 2.45) is 5.41 Å². The molecule has 1 atom stereocenters. The summed E-state index contributed by atoms with van der Waals surface area (Å²) >= 11 is 0. The summed E-state index contributed by atoms with van der Waals surface area (Å²) in [5.74, 6) is 0.867. The Balaban J connectivity index is 1.65. The first-order chi connectivity index (χ1) is 10.8. The molecule has 5 heteroatoms. The molecule has 1 aromatic rings. The lowest BCUT2D eigenvalue weighted by Gasteiger charge is -2.28. The number of amides is 1. The van der Waals surface area contributed by atoms with Crippen LogP contribution >= 0.6 is 0 Å². The van der Waals surface area contributed by atoms with Gasteiger partial charge in [0.25, 0.3) is 0 Å². The van der Waals surface area contributed by atoms with E-state index in [0.29, 0.717) is 5.41 Å². The van der Waals surface area contributed by atoms with Gasteiger partial charge in [-0.3, -0.25) is 0 Å². The van der Waals surface area contributed by atoms with Crippen LogP contribution in [0.4, 0.5) is 10.6 Å². The van der Waals surface area contributed by atoms with Gasteiger partial charge in [0.2, 0.25) is 0 Å². The maximum absolute atomic E-state index is 12.5. The van der Waals surface area contributed by atoms with Crippen LogP contribution in [0.15, 0.2) is 18.2 Å². The molecule has 1 saturated heterocycles. The molecule has 1 spiro atoms. The highest BCUT2D eigenvalue weighted by atomic mass is 16.6. The zero-order chi connectivity index (χ0) is 16.7. The van der Waals surface area contributed by atoms with Gasteiger partial charge < -0.3 is 15.0 Å². The molecule has 2 aliphatic rings. The number of nitrogens with one attached hydrogen (secondary N) is 1. The normalized spacial score (nSPS) is 22.3. The monoisotopic (exact) mass is 317 g/mol. The minimum atomic E-state index is -0.452. The van der Waals surface area contributed by atoms with Crippen LogP contribution in [0.2, 0.25) is 0 Å². The van der Waals surface area contributed by atoms with E-state index in [1.807, 2.05) is 50.8 Å². The van der Waals surface area contributed by atoms with Gasteiger partial charge in [-0.1, -0.05) is 6.07 Å². The van der Waals surface area contributed by atoms with Crippen LogP contribution in [0, 0.1) is 12.3 Å². The number of likely N-dealkylation sites (tertiary alicyclic amines) is 1. The van der Waals surface area contributed by atoms with E-state index in [0.717, 1.165) is 31.0 Å². The highest BCUT2D eigenvalue weighted by molar-refractivity contribution is 5.69. The van der Waals surface area contributed by atoms with E-state index >= 15 is 0 Å². The first-order valence-corrected chi connectivity index (χ1v) is 8.44. The molecule has 2 fully saturated rings. The summed E-state index contributed by atoms with van der Waals surface area (Å²) in [5.41, 5.74) is 0.888. The third-order valence-corrected chi connectivity index (χ3v) is 4.61. The van der Waals surface area contributed by atoms with Gasteiger partial charge in [-0.25, -0.2) is 9.78 Å². The summed E-state index contributed by atoms with van der Waals surface area (Å²) in [5, 5.41) is 3.38. The number of anilines is 1. The zero-order valence-electron chi connectivity index (χ0n) is 14.6. The van der Waals surface area contributed by atoms with Crippen LogP contribution in [0.3, 0.4) is 0 Å². The average Bonchev–Trinajstić information content (AvgIpc) is 3.07. The predicted octanol–water partition coefficient (Wildman–Crippen LogP) is 3.59. The maximum Gasteiger partial charge on any atom is 0.410 e. The van der Waals surface area contributed by atoms with Crippen LogP contribution in [-0.2, 0) is 4.74 Å². The summed E-state index contributed by atoms with van der Waals surface area (Å²) in [6.45, 7) is 9.27. The van der Waals surface area contributed by atoms with Crippen molar-refractivity contribution in [3.05, 3.63) is 23.9 Å². The van der Waals surface area contributed by atoms with Crippen molar-refractivity contribution in [3.8, 4) is 0 Å². The van der Waals surface area contributed by atoms with Crippen LogP contribution in [0.1, 0.15) is 45.7 Å². The molecule has 1 unspecified atom stereocenters. The zero-order valence-corrected chi connectivity index (χ0v) is 14.6. The molecule has 3 rings (SSSR count). The quantitative estimate of drug-likeness (QED) is 0.925. The Bertz CT molecular complexity index is 590. The lowest BCUT2D eigenvalue weighted by atomic mass is 10.0. The Labute approximate surface area is 138 Å². The molecule has 5 nitrogen and oxygen atoms in total. The number of hydrogen-bond acceptors (Lipinski definition) is 4. The first kappa shape index (κ1) is 16.1. The number of hydrogen-bond donors (Lipinski definition) is 1. The predicted molar refractivity (Wildman–Crippen MR) is 90.5 cm³/mol. The summed E-state index contributed by atoms with van der Waals surface area (Å²) < 4.78 is 5.59. The van der Waals surface area contributed by atoms with Crippen molar-refractivity contribution in [1.82, 2.24) is 9.88 Å². The first-order valence-electron chi connectivity index (χ1n) is 8.44. The number of aromatic nitrogens is 1. The molecule has 0 bridgehead atoms. The van der Waals surface area contributed by atoms with E-state index in [-0.39, 0.29) is 12.1 Å². The third kappa shape index (κ3) is 3.95. The summed E-state index contributed by atoms with van der Waals surface area (Å²) in [7, 11) is 0. The topological polar surface area (TPSA) is 54.5 Å². The van der Waals surface area contributed by atoms with Gasteiger partial charge in [-0.2, -0.15) is 0 Å². The number of carbonyl (C=O) groups excluding carboxylic acids is 1. The smallest absolute Gasteiger partial charge is 0.410 e. The van der Waals surface area contributed by atoms with Crippen LogP contribution in [-0.4, -0.2) is 40.7 Å². The van der Waals surface area contributed by atoms with Gasteiger partial charge in [0, 0.05) is 18.8 Å². The van der Waals surface area contributed by atoms with Crippen molar-refractivity contribution in [2.45, 2.75) is 58.6 Å². The fourth-order valence-electron chi connectivity index (χ4n) is 3.28. The fourth-order valence-corrected chi connectivity index (χ4v) is 3.28. The molecule has 0 aromatic carbocycles. The highest BCUT2D eigenvalue weighted by Crippen LogP contribution is 2.54. The number of pyridine rings is 1. The second kappa shape index (κ2) is 5.69. The molecular formula is C18H27N3O2. The van der Waals surface area contributed by atoms with Crippen molar-refractivity contribution < 1.29 is 9.53 Å². The maximum atomic E-state index is 12.5. The molecule has 1 amide bonds. The Morgan fingerprint density at radius 2 is 2.17 bits per heavy atom. The highest BCUT2D eigenvalue weighted by Gasteiger charge is 2.53. The number of nitrogens with zero attached hydrogens (tertiary/aromatic N) is 2. The molecule has 1 aliphatic carbocycles. The van der Waals surface area contributed by atoms with E-state index in [2.05, 4.69) is 10.3 Å². The fraction of sp³-hybridized carbons (Fsp3) is 0.667. The van der Waals surface area contributed by atoms with Crippen molar-refractivity contribution in [3.63, 3.8) is 0 Å². The Morgan fingerprint density at radius 3 is 2.78 bits per heavy atom. The lowest BCUT2D eigenvalue weighted by molar-refractivity contribution is 0.0228. The van der Waals surface area contributed by atoms with Crippen LogP contribution in [0.25, 0.3) is 0 Å². The van der Waals surface area contributed by atoms with Crippen molar-refractivity contribution >= 4 is 11.9 Å². The SMILES string of the molecule is Cc1cccc(NCC2CC3(CC3)CN2C(=O)OC(C)(C)C)n1. The average molecular weight is 317 g/mol. The second-order valence-corrected chi connectivity index (χ2v) is 8.01. The molecule has 23 heavy (non-hydrogen) atoms. The van der Waals surface area contributed by atoms with E-state index in [1.165, 1.54) is 12.8 Å². The van der Waals surface area contributed by atoms with Gasteiger partial charge >= 0.3 is 6.09 Å². The molecule has 126 valence electrons. The summed E-state index contributed by atoms with van der Waals surface area (Å²) in [6, 6.07) is 6.11. The van der Waals surface area contributed by atoms with E-state index in [9.17, 15) is 4.79 Å². The Morgan fingerprint density at radius 1 is 1.43 bits per heavy atom. The van der Waals surface area contributed by atoms with E-state index in [1.54, 1.807) is 0 Å². The number of aryl methyl sites for hydroxylation is 1.